The van der Waals surface area contributed by atoms with Crippen LogP contribution in [0.5, 0.6) is 0 Å². The lowest BCUT2D eigenvalue weighted by molar-refractivity contribution is 0.103. The molecule has 0 aromatic heterocycles. The zero-order chi connectivity index (χ0) is 13.5. The Hall–Kier alpha value is -1.60. The number of ketones is 1. The summed E-state index contributed by atoms with van der Waals surface area (Å²) in [6, 6.07) is 14.6. The van der Waals surface area contributed by atoms with Crippen LogP contribution < -0.4 is 0 Å². The van der Waals surface area contributed by atoms with E-state index < -0.39 is 0 Å². The van der Waals surface area contributed by atoms with E-state index in [1.54, 1.807) is 24.3 Å². The summed E-state index contributed by atoms with van der Waals surface area (Å²) >= 11 is 5.86. The number of hydrogen-bond acceptors (Lipinski definition) is 1. The Morgan fingerprint density at radius 3 is 2.28 bits per heavy atom. The summed E-state index contributed by atoms with van der Waals surface area (Å²) in [6.45, 7) is 5.93. The minimum absolute atomic E-state index is 0.0144. The molecular weight excluding hydrogens is 244 g/mol. The van der Waals surface area contributed by atoms with Crippen molar-refractivity contribution >= 4 is 17.4 Å². The van der Waals surface area contributed by atoms with Gasteiger partial charge < -0.3 is 0 Å². The van der Waals surface area contributed by atoms with E-state index in [2.05, 4.69) is 0 Å². The van der Waals surface area contributed by atoms with Crippen LogP contribution in [0.15, 0.2) is 48.5 Å². The standard InChI is InChI=1S/C14H11ClO.C2H6/c1-10-5-2-3-8-13(10)14(16)11-6-4-7-12(15)9-11;1-2/h2-9H,1H3;1-2H3. The maximum absolute atomic E-state index is 12.2. The molecule has 2 aromatic rings. The van der Waals surface area contributed by atoms with E-state index in [0.717, 1.165) is 11.1 Å². The predicted molar refractivity (Wildman–Crippen MR) is 77.4 cm³/mol. The van der Waals surface area contributed by atoms with Crippen molar-refractivity contribution in [1.82, 2.24) is 0 Å². The van der Waals surface area contributed by atoms with Gasteiger partial charge in [0.05, 0.1) is 0 Å². The van der Waals surface area contributed by atoms with E-state index in [1.807, 2.05) is 45.0 Å². The number of halogens is 1. The second-order valence-electron chi connectivity index (χ2n) is 3.65. The van der Waals surface area contributed by atoms with Crippen molar-refractivity contribution in [2.24, 2.45) is 0 Å². The molecule has 1 nitrogen and oxygen atoms in total. The minimum atomic E-state index is 0.0144. The van der Waals surface area contributed by atoms with Crippen molar-refractivity contribution in [3.05, 3.63) is 70.2 Å². The molecule has 0 bridgehead atoms. The highest BCUT2D eigenvalue weighted by molar-refractivity contribution is 6.31. The molecule has 0 fully saturated rings. The topological polar surface area (TPSA) is 17.1 Å². The van der Waals surface area contributed by atoms with Crippen LogP contribution in [-0.2, 0) is 0 Å². The fraction of sp³-hybridized carbons (Fsp3) is 0.188. The molecule has 0 N–H and O–H groups in total. The average Bonchev–Trinajstić information content (AvgIpc) is 2.41. The highest BCUT2D eigenvalue weighted by Gasteiger charge is 2.10. The molecule has 0 radical (unpaired) electrons. The van der Waals surface area contributed by atoms with Gasteiger partial charge >= 0.3 is 0 Å². The molecular formula is C16H17ClO. The summed E-state index contributed by atoms with van der Waals surface area (Å²) in [7, 11) is 0. The summed E-state index contributed by atoms with van der Waals surface area (Å²) in [5.74, 6) is 0.0144. The van der Waals surface area contributed by atoms with Gasteiger partial charge in [-0.3, -0.25) is 4.79 Å². The summed E-state index contributed by atoms with van der Waals surface area (Å²) < 4.78 is 0. The fourth-order valence-corrected chi connectivity index (χ4v) is 1.80. The second-order valence-corrected chi connectivity index (χ2v) is 4.09. The first-order chi connectivity index (χ1) is 8.68. The highest BCUT2D eigenvalue weighted by Crippen LogP contribution is 2.16. The lowest BCUT2D eigenvalue weighted by Crippen LogP contribution is -2.03. The number of carbonyl (C=O) groups is 1. The number of carbonyl (C=O) groups excluding carboxylic acids is 1. The first-order valence-corrected chi connectivity index (χ1v) is 6.42. The largest absolute Gasteiger partial charge is 0.289 e. The van der Waals surface area contributed by atoms with Gasteiger partial charge in [0.25, 0.3) is 0 Å². The van der Waals surface area contributed by atoms with Crippen LogP contribution in [-0.4, -0.2) is 5.78 Å². The molecule has 0 amide bonds. The Bertz CT molecular complexity index is 532. The molecule has 0 saturated heterocycles. The van der Waals surface area contributed by atoms with Gasteiger partial charge in [0.1, 0.15) is 0 Å². The van der Waals surface area contributed by atoms with Gasteiger partial charge in [-0.2, -0.15) is 0 Å². The average molecular weight is 261 g/mol. The van der Waals surface area contributed by atoms with Gasteiger partial charge in [-0.1, -0.05) is 61.8 Å². The molecule has 2 aromatic carbocycles. The summed E-state index contributed by atoms with van der Waals surface area (Å²) in [6.07, 6.45) is 0. The molecule has 0 unspecified atom stereocenters. The number of aryl methyl sites for hydroxylation is 1. The van der Waals surface area contributed by atoms with Crippen LogP contribution in [0.3, 0.4) is 0 Å². The molecule has 0 aliphatic rings. The van der Waals surface area contributed by atoms with Gasteiger partial charge in [0, 0.05) is 16.1 Å². The monoisotopic (exact) mass is 260 g/mol. The quantitative estimate of drug-likeness (QED) is 0.702. The van der Waals surface area contributed by atoms with Gasteiger partial charge in [-0.15, -0.1) is 0 Å². The molecule has 2 rings (SSSR count). The van der Waals surface area contributed by atoms with E-state index in [9.17, 15) is 4.79 Å². The van der Waals surface area contributed by atoms with Crippen molar-refractivity contribution in [2.45, 2.75) is 20.8 Å². The molecule has 0 saturated carbocycles. The van der Waals surface area contributed by atoms with Crippen molar-refractivity contribution in [3.63, 3.8) is 0 Å². The molecule has 18 heavy (non-hydrogen) atoms. The highest BCUT2D eigenvalue weighted by atomic mass is 35.5. The SMILES string of the molecule is CC.Cc1ccccc1C(=O)c1cccc(Cl)c1. The van der Waals surface area contributed by atoms with Crippen LogP contribution in [0.2, 0.25) is 5.02 Å². The molecule has 0 aliphatic heterocycles. The normalized spacial score (nSPS) is 9.33. The third-order valence-electron chi connectivity index (χ3n) is 2.48. The van der Waals surface area contributed by atoms with E-state index in [1.165, 1.54) is 0 Å². The summed E-state index contributed by atoms with van der Waals surface area (Å²) in [4.78, 5) is 12.2. The fourth-order valence-electron chi connectivity index (χ4n) is 1.61. The number of rotatable bonds is 2. The Morgan fingerprint density at radius 1 is 1.00 bits per heavy atom. The lowest BCUT2D eigenvalue weighted by Gasteiger charge is -2.04. The predicted octanol–water partition coefficient (Wildman–Crippen LogP) is 4.91. The van der Waals surface area contributed by atoms with Crippen LogP contribution in [0.1, 0.15) is 35.3 Å². The van der Waals surface area contributed by atoms with Crippen LogP contribution in [0, 0.1) is 6.92 Å². The Balaban J connectivity index is 0.000000771. The van der Waals surface area contributed by atoms with E-state index >= 15 is 0 Å². The summed E-state index contributed by atoms with van der Waals surface area (Å²) in [5, 5.41) is 0.583. The van der Waals surface area contributed by atoms with Crippen molar-refractivity contribution in [1.29, 1.82) is 0 Å². The lowest BCUT2D eigenvalue weighted by atomic mass is 9.99. The first kappa shape index (κ1) is 14.5. The molecule has 0 spiro atoms. The third kappa shape index (κ3) is 3.44. The zero-order valence-electron chi connectivity index (χ0n) is 10.9. The van der Waals surface area contributed by atoms with Crippen LogP contribution in [0.4, 0.5) is 0 Å². The molecule has 94 valence electrons. The minimum Gasteiger partial charge on any atom is -0.289 e. The van der Waals surface area contributed by atoms with E-state index in [4.69, 9.17) is 11.6 Å². The Labute approximate surface area is 113 Å². The van der Waals surface area contributed by atoms with Crippen molar-refractivity contribution in [3.8, 4) is 0 Å². The molecule has 2 heteroatoms. The number of benzene rings is 2. The smallest absolute Gasteiger partial charge is 0.193 e. The third-order valence-corrected chi connectivity index (χ3v) is 2.71. The maximum atomic E-state index is 12.2. The van der Waals surface area contributed by atoms with Crippen LogP contribution >= 0.6 is 11.6 Å². The second kappa shape index (κ2) is 6.97. The van der Waals surface area contributed by atoms with Gasteiger partial charge in [0.15, 0.2) is 5.78 Å². The van der Waals surface area contributed by atoms with E-state index in [0.29, 0.717) is 10.6 Å². The Kier molecular flexibility index (Phi) is 5.60. The zero-order valence-corrected chi connectivity index (χ0v) is 11.7. The van der Waals surface area contributed by atoms with Gasteiger partial charge in [-0.05, 0) is 24.6 Å². The van der Waals surface area contributed by atoms with E-state index in [-0.39, 0.29) is 5.78 Å². The van der Waals surface area contributed by atoms with Crippen LogP contribution in [0.25, 0.3) is 0 Å². The Morgan fingerprint density at radius 2 is 1.67 bits per heavy atom. The van der Waals surface area contributed by atoms with Gasteiger partial charge in [-0.25, -0.2) is 0 Å². The summed E-state index contributed by atoms with van der Waals surface area (Å²) in [5.41, 5.74) is 2.33. The van der Waals surface area contributed by atoms with Crippen molar-refractivity contribution in [2.75, 3.05) is 0 Å². The van der Waals surface area contributed by atoms with Crippen molar-refractivity contribution < 1.29 is 4.79 Å². The molecule has 0 atom stereocenters. The maximum Gasteiger partial charge on any atom is 0.193 e. The molecule has 0 heterocycles. The van der Waals surface area contributed by atoms with Gasteiger partial charge in [0.2, 0.25) is 0 Å². The first-order valence-electron chi connectivity index (χ1n) is 6.04. The molecule has 0 aliphatic carbocycles. The number of hydrogen-bond donors (Lipinski definition) is 0.